The van der Waals surface area contributed by atoms with Gasteiger partial charge in [-0.2, -0.15) is 4.39 Å². The van der Waals surface area contributed by atoms with Gasteiger partial charge in [-0.1, -0.05) is 0 Å². The van der Waals surface area contributed by atoms with Gasteiger partial charge in [0.1, 0.15) is 5.56 Å². The summed E-state index contributed by atoms with van der Waals surface area (Å²) in [5.41, 5.74) is -3.89. The third-order valence-electron chi connectivity index (χ3n) is 2.27. The maximum atomic E-state index is 13.8. The van der Waals surface area contributed by atoms with E-state index in [1.807, 2.05) is 0 Å². The minimum absolute atomic E-state index is 0.169. The van der Waals surface area contributed by atoms with E-state index >= 15 is 0 Å². The lowest BCUT2D eigenvalue weighted by Gasteiger charge is -2.17. The molecule has 0 amide bonds. The quantitative estimate of drug-likeness (QED) is 0.391. The smallest absolute Gasteiger partial charge is 0.349 e. The molecule has 0 radical (unpaired) electrons. The molecule has 0 aliphatic carbocycles. The van der Waals surface area contributed by atoms with Gasteiger partial charge < -0.3 is 9.84 Å². The molecule has 0 aliphatic heterocycles. The first-order valence-corrected chi connectivity index (χ1v) is 4.91. The second kappa shape index (κ2) is 4.81. The van der Waals surface area contributed by atoms with Gasteiger partial charge in [-0.3, -0.25) is 10.1 Å². The third kappa shape index (κ3) is 2.23. The first-order valence-electron chi connectivity index (χ1n) is 4.91. The van der Waals surface area contributed by atoms with E-state index in [-0.39, 0.29) is 12.7 Å². The molecule has 1 rings (SSSR count). The number of nitrogens with zero attached hydrogens (tertiary/aromatic N) is 1. The number of nitro groups is 1. The highest BCUT2D eigenvalue weighted by molar-refractivity contribution is 5.35. The van der Waals surface area contributed by atoms with Crippen LogP contribution in [0.3, 0.4) is 0 Å². The Bertz CT molecular complexity index is 491. The minimum atomic E-state index is -2.88. The standard InChI is InChI=1S/C10H10F3NO4/c1-3-18-9-7(12)5(4-6(11)8(9)13)10(2,15)14(16)17/h4,15H,3H2,1-2H3. The Balaban J connectivity index is 3.52. The number of ether oxygens (including phenoxy) is 1. The molecule has 18 heavy (non-hydrogen) atoms. The van der Waals surface area contributed by atoms with Crippen molar-refractivity contribution in [3.8, 4) is 5.75 Å². The van der Waals surface area contributed by atoms with Crippen LogP contribution in [0.5, 0.6) is 5.75 Å². The normalized spacial score (nSPS) is 14.1. The molecule has 0 bridgehead atoms. The molecule has 0 spiro atoms. The van der Waals surface area contributed by atoms with Crippen LogP contribution in [0.15, 0.2) is 6.07 Å². The van der Waals surface area contributed by atoms with Gasteiger partial charge in [0, 0.05) is 6.92 Å². The Kier molecular flexibility index (Phi) is 3.80. The summed E-state index contributed by atoms with van der Waals surface area (Å²) in [7, 11) is 0. The SMILES string of the molecule is CCOc1c(F)c(F)cc(C(C)(O)[N+](=O)[O-])c1F. The lowest BCUT2D eigenvalue weighted by molar-refractivity contribution is -0.631. The summed E-state index contributed by atoms with van der Waals surface area (Å²) in [5.74, 6) is -5.73. The van der Waals surface area contributed by atoms with Crippen LogP contribution in [0, 0.1) is 27.6 Å². The second-order valence-corrected chi connectivity index (χ2v) is 3.57. The van der Waals surface area contributed by atoms with E-state index in [0.717, 1.165) is 0 Å². The predicted octanol–water partition coefficient (Wildman–Crippen LogP) is 1.94. The van der Waals surface area contributed by atoms with Gasteiger partial charge in [0.05, 0.1) is 11.5 Å². The van der Waals surface area contributed by atoms with Crippen molar-refractivity contribution in [3.63, 3.8) is 0 Å². The summed E-state index contributed by atoms with van der Waals surface area (Å²) in [6, 6.07) is 0.232. The van der Waals surface area contributed by atoms with Crippen LogP contribution in [0.2, 0.25) is 0 Å². The van der Waals surface area contributed by atoms with E-state index in [1.54, 1.807) is 0 Å². The van der Waals surface area contributed by atoms with Crippen LogP contribution in [-0.2, 0) is 5.72 Å². The molecule has 100 valence electrons. The van der Waals surface area contributed by atoms with Crippen LogP contribution >= 0.6 is 0 Å². The molecule has 0 saturated carbocycles. The number of hydrogen-bond donors (Lipinski definition) is 1. The molecule has 1 atom stereocenters. The molecule has 0 saturated heterocycles. The Morgan fingerprint density at radius 3 is 2.44 bits per heavy atom. The van der Waals surface area contributed by atoms with Crippen molar-refractivity contribution in [2.24, 2.45) is 0 Å². The number of rotatable bonds is 4. The van der Waals surface area contributed by atoms with Crippen LogP contribution < -0.4 is 4.74 Å². The molecule has 1 N–H and O–H groups in total. The number of hydrogen-bond acceptors (Lipinski definition) is 4. The van der Waals surface area contributed by atoms with Crippen LogP contribution in [0.1, 0.15) is 19.4 Å². The molecular weight excluding hydrogens is 255 g/mol. The Morgan fingerprint density at radius 2 is 2.00 bits per heavy atom. The molecule has 0 heterocycles. The van der Waals surface area contributed by atoms with Crippen molar-refractivity contribution < 1.29 is 27.9 Å². The zero-order valence-corrected chi connectivity index (χ0v) is 9.54. The van der Waals surface area contributed by atoms with Crippen LogP contribution in [0.25, 0.3) is 0 Å². The second-order valence-electron chi connectivity index (χ2n) is 3.57. The lowest BCUT2D eigenvalue weighted by atomic mass is 10.0. The summed E-state index contributed by atoms with van der Waals surface area (Å²) in [6.45, 7) is 1.88. The fourth-order valence-electron chi connectivity index (χ4n) is 1.29. The molecule has 0 aromatic heterocycles. The van der Waals surface area contributed by atoms with Gasteiger partial charge in [0.2, 0.25) is 5.82 Å². The zero-order chi connectivity index (χ0) is 14.1. The van der Waals surface area contributed by atoms with Gasteiger partial charge >= 0.3 is 5.72 Å². The van der Waals surface area contributed by atoms with E-state index in [9.17, 15) is 28.4 Å². The lowest BCUT2D eigenvalue weighted by Crippen LogP contribution is -2.33. The van der Waals surface area contributed by atoms with E-state index in [0.29, 0.717) is 6.92 Å². The highest BCUT2D eigenvalue weighted by atomic mass is 19.2. The summed E-state index contributed by atoms with van der Waals surface area (Å²) >= 11 is 0. The Morgan fingerprint density at radius 1 is 1.44 bits per heavy atom. The van der Waals surface area contributed by atoms with Crippen LogP contribution in [0.4, 0.5) is 13.2 Å². The van der Waals surface area contributed by atoms with E-state index in [1.165, 1.54) is 6.92 Å². The van der Waals surface area contributed by atoms with Crippen molar-refractivity contribution in [1.29, 1.82) is 0 Å². The molecule has 5 nitrogen and oxygen atoms in total. The Hall–Kier alpha value is -1.83. The van der Waals surface area contributed by atoms with Gasteiger partial charge in [-0.15, -0.1) is 0 Å². The van der Waals surface area contributed by atoms with E-state index in [2.05, 4.69) is 4.74 Å². The van der Waals surface area contributed by atoms with Gasteiger partial charge in [-0.25, -0.2) is 8.78 Å². The van der Waals surface area contributed by atoms with Crippen molar-refractivity contribution in [2.45, 2.75) is 19.6 Å². The third-order valence-corrected chi connectivity index (χ3v) is 2.27. The molecule has 1 unspecified atom stereocenters. The number of halogens is 3. The van der Waals surface area contributed by atoms with Crippen molar-refractivity contribution in [3.05, 3.63) is 39.2 Å². The monoisotopic (exact) mass is 265 g/mol. The predicted molar refractivity (Wildman–Crippen MR) is 54.1 cm³/mol. The molecule has 1 aromatic carbocycles. The topological polar surface area (TPSA) is 72.6 Å². The van der Waals surface area contributed by atoms with Crippen molar-refractivity contribution >= 4 is 0 Å². The highest BCUT2D eigenvalue weighted by Crippen LogP contribution is 2.33. The number of benzene rings is 1. The number of aliphatic hydroxyl groups is 1. The summed E-state index contributed by atoms with van der Waals surface area (Å²) < 4.78 is 44.7. The maximum absolute atomic E-state index is 13.8. The average molecular weight is 265 g/mol. The van der Waals surface area contributed by atoms with Gasteiger partial charge in [0.15, 0.2) is 17.4 Å². The van der Waals surface area contributed by atoms with Crippen molar-refractivity contribution in [1.82, 2.24) is 0 Å². The fourth-order valence-corrected chi connectivity index (χ4v) is 1.29. The summed E-state index contributed by atoms with van der Waals surface area (Å²) in [5, 5.41) is 20.0. The zero-order valence-electron chi connectivity index (χ0n) is 9.54. The summed E-state index contributed by atoms with van der Waals surface area (Å²) in [6.07, 6.45) is 0. The largest absolute Gasteiger partial charge is 0.488 e. The first-order chi connectivity index (χ1) is 8.23. The fraction of sp³-hybridized carbons (Fsp3) is 0.400. The van der Waals surface area contributed by atoms with Crippen molar-refractivity contribution in [2.75, 3.05) is 6.61 Å². The molecule has 0 fully saturated rings. The highest BCUT2D eigenvalue weighted by Gasteiger charge is 2.42. The molecule has 0 aliphatic rings. The molecule has 8 heteroatoms. The summed E-state index contributed by atoms with van der Waals surface area (Å²) in [4.78, 5) is 9.35. The minimum Gasteiger partial charge on any atom is -0.488 e. The van der Waals surface area contributed by atoms with E-state index in [4.69, 9.17) is 0 Å². The maximum Gasteiger partial charge on any atom is 0.349 e. The van der Waals surface area contributed by atoms with Gasteiger partial charge in [-0.05, 0) is 13.0 Å². The first kappa shape index (κ1) is 14.2. The Labute approximate surface area is 99.9 Å². The molecule has 1 aromatic rings. The van der Waals surface area contributed by atoms with E-state index < -0.39 is 39.4 Å². The molecular formula is C10H10F3NO4. The average Bonchev–Trinajstić information content (AvgIpc) is 2.28. The van der Waals surface area contributed by atoms with Crippen LogP contribution in [-0.4, -0.2) is 16.6 Å². The van der Waals surface area contributed by atoms with Gasteiger partial charge in [0.25, 0.3) is 0 Å².